The number of carbonyl (C=O) groups is 2. The fraction of sp³-hybridized carbons (Fsp3) is 0.500. The van der Waals surface area contributed by atoms with Gasteiger partial charge >= 0.3 is 0 Å². The van der Waals surface area contributed by atoms with E-state index in [1.165, 1.54) is 0 Å². The Morgan fingerprint density at radius 2 is 1.79 bits per heavy atom. The zero-order valence-corrected chi connectivity index (χ0v) is 12.0. The molecule has 0 aliphatic carbocycles. The lowest BCUT2D eigenvalue weighted by Gasteiger charge is -2.19. The van der Waals surface area contributed by atoms with Gasteiger partial charge in [0.1, 0.15) is 5.92 Å². The first-order valence-corrected chi connectivity index (χ1v) is 6.94. The molecular formula is C16H23NO2. The van der Waals surface area contributed by atoms with Crippen LogP contribution < -0.4 is 5.32 Å². The topological polar surface area (TPSA) is 46.2 Å². The van der Waals surface area contributed by atoms with Crippen molar-refractivity contribution in [2.75, 3.05) is 6.54 Å². The van der Waals surface area contributed by atoms with Crippen molar-refractivity contribution in [3.05, 3.63) is 35.9 Å². The average Bonchev–Trinajstić information content (AvgIpc) is 2.39. The van der Waals surface area contributed by atoms with Crippen molar-refractivity contribution >= 4 is 11.7 Å². The van der Waals surface area contributed by atoms with Crippen molar-refractivity contribution in [3.8, 4) is 0 Å². The van der Waals surface area contributed by atoms with Gasteiger partial charge in [-0.2, -0.15) is 0 Å². The number of benzene rings is 1. The molecule has 0 spiro atoms. The highest BCUT2D eigenvalue weighted by molar-refractivity contribution is 6.10. The number of ketones is 1. The summed E-state index contributed by atoms with van der Waals surface area (Å²) in [4.78, 5) is 24.5. The Labute approximate surface area is 115 Å². The molecule has 0 bridgehead atoms. The third-order valence-corrected chi connectivity index (χ3v) is 3.12. The van der Waals surface area contributed by atoms with Gasteiger partial charge in [-0.25, -0.2) is 0 Å². The molecule has 1 N–H and O–H groups in total. The van der Waals surface area contributed by atoms with Crippen LogP contribution in [0.1, 0.15) is 44.0 Å². The molecule has 0 radical (unpaired) electrons. The summed E-state index contributed by atoms with van der Waals surface area (Å²) in [6, 6.07) is 9.02. The van der Waals surface area contributed by atoms with Crippen LogP contribution in [0.2, 0.25) is 0 Å². The summed E-state index contributed by atoms with van der Waals surface area (Å²) in [7, 11) is 0. The highest BCUT2D eigenvalue weighted by Crippen LogP contribution is 2.17. The summed E-state index contributed by atoms with van der Waals surface area (Å²) in [5.74, 6) is -0.851. The fourth-order valence-electron chi connectivity index (χ4n) is 2.00. The van der Waals surface area contributed by atoms with Gasteiger partial charge in [0.25, 0.3) is 0 Å². The Morgan fingerprint density at radius 1 is 1.16 bits per heavy atom. The summed E-state index contributed by atoms with van der Waals surface area (Å²) >= 11 is 0. The quantitative estimate of drug-likeness (QED) is 0.466. The Kier molecular flexibility index (Phi) is 6.26. The van der Waals surface area contributed by atoms with Gasteiger partial charge in [0.05, 0.1) is 0 Å². The van der Waals surface area contributed by atoms with Crippen LogP contribution in [0.5, 0.6) is 0 Å². The smallest absolute Gasteiger partial charge is 0.231 e. The van der Waals surface area contributed by atoms with Crippen LogP contribution in [-0.2, 0) is 4.79 Å². The lowest BCUT2D eigenvalue weighted by atomic mass is 9.87. The largest absolute Gasteiger partial charge is 0.355 e. The second kappa shape index (κ2) is 7.72. The van der Waals surface area contributed by atoms with Crippen LogP contribution in [-0.4, -0.2) is 18.2 Å². The Morgan fingerprint density at radius 3 is 2.32 bits per heavy atom. The molecule has 3 heteroatoms. The van der Waals surface area contributed by atoms with E-state index in [1.54, 1.807) is 12.1 Å². The van der Waals surface area contributed by atoms with E-state index in [2.05, 4.69) is 12.2 Å². The molecule has 3 nitrogen and oxygen atoms in total. The summed E-state index contributed by atoms with van der Waals surface area (Å²) in [6.45, 7) is 6.53. The molecule has 0 saturated carbocycles. The molecule has 0 aromatic heterocycles. The Bertz CT molecular complexity index is 412. The van der Waals surface area contributed by atoms with Gasteiger partial charge in [-0.1, -0.05) is 57.5 Å². The van der Waals surface area contributed by atoms with Crippen LogP contribution >= 0.6 is 0 Å². The maximum absolute atomic E-state index is 12.4. The zero-order valence-electron chi connectivity index (χ0n) is 12.0. The fourth-order valence-corrected chi connectivity index (χ4v) is 2.00. The average molecular weight is 261 g/mol. The van der Waals surface area contributed by atoms with Gasteiger partial charge in [-0.05, 0) is 12.3 Å². The molecule has 1 aromatic rings. The minimum Gasteiger partial charge on any atom is -0.355 e. The predicted molar refractivity (Wildman–Crippen MR) is 77.0 cm³/mol. The van der Waals surface area contributed by atoms with Crippen molar-refractivity contribution in [1.82, 2.24) is 5.32 Å². The number of carbonyl (C=O) groups excluding carboxylic acids is 2. The van der Waals surface area contributed by atoms with E-state index in [1.807, 2.05) is 32.0 Å². The van der Waals surface area contributed by atoms with Crippen LogP contribution in [0.4, 0.5) is 0 Å². The lowest BCUT2D eigenvalue weighted by Crippen LogP contribution is -2.38. The van der Waals surface area contributed by atoms with Crippen molar-refractivity contribution in [3.63, 3.8) is 0 Å². The predicted octanol–water partition coefficient (Wildman–Crippen LogP) is 3.06. The number of hydrogen-bond acceptors (Lipinski definition) is 2. The maximum Gasteiger partial charge on any atom is 0.231 e. The van der Waals surface area contributed by atoms with E-state index in [0.717, 1.165) is 12.8 Å². The maximum atomic E-state index is 12.4. The molecule has 1 rings (SSSR count). The standard InChI is InChI=1S/C16H23NO2/c1-4-5-11-17-16(19)14(12(2)3)15(18)13-9-7-6-8-10-13/h6-10,12,14H,4-5,11H2,1-3H3,(H,17,19). The van der Waals surface area contributed by atoms with E-state index < -0.39 is 5.92 Å². The first-order valence-electron chi connectivity index (χ1n) is 6.94. The molecule has 0 aliphatic rings. The van der Waals surface area contributed by atoms with Crippen LogP contribution in [0.25, 0.3) is 0 Å². The molecule has 1 unspecified atom stereocenters. The SMILES string of the molecule is CCCCNC(=O)C(C(=O)c1ccccc1)C(C)C. The van der Waals surface area contributed by atoms with E-state index >= 15 is 0 Å². The molecule has 0 saturated heterocycles. The van der Waals surface area contributed by atoms with Gasteiger partial charge in [0, 0.05) is 12.1 Å². The van der Waals surface area contributed by atoms with Crippen LogP contribution in [0, 0.1) is 11.8 Å². The lowest BCUT2D eigenvalue weighted by molar-refractivity contribution is -0.124. The van der Waals surface area contributed by atoms with Crippen molar-refractivity contribution < 1.29 is 9.59 Å². The zero-order chi connectivity index (χ0) is 14.3. The molecule has 1 aromatic carbocycles. The molecule has 19 heavy (non-hydrogen) atoms. The van der Waals surface area contributed by atoms with Crippen molar-refractivity contribution in [2.45, 2.75) is 33.6 Å². The van der Waals surface area contributed by atoms with Gasteiger partial charge in [-0.3, -0.25) is 9.59 Å². The second-order valence-electron chi connectivity index (χ2n) is 5.10. The monoisotopic (exact) mass is 261 g/mol. The van der Waals surface area contributed by atoms with Gasteiger partial charge in [-0.15, -0.1) is 0 Å². The summed E-state index contributed by atoms with van der Waals surface area (Å²) < 4.78 is 0. The molecular weight excluding hydrogens is 238 g/mol. The number of amides is 1. The van der Waals surface area contributed by atoms with Gasteiger partial charge in [0.2, 0.25) is 5.91 Å². The normalized spacial score (nSPS) is 12.2. The molecule has 1 amide bonds. The number of Topliss-reactive ketones (excluding diaryl/α,β-unsaturated/α-hetero) is 1. The minimum atomic E-state index is -0.598. The first kappa shape index (κ1) is 15.4. The summed E-state index contributed by atoms with van der Waals surface area (Å²) in [5.41, 5.74) is 0.604. The number of nitrogens with one attached hydrogen (secondary N) is 1. The summed E-state index contributed by atoms with van der Waals surface area (Å²) in [6.07, 6.45) is 1.97. The van der Waals surface area contributed by atoms with Gasteiger partial charge < -0.3 is 5.32 Å². The molecule has 1 atom stereocenters. The second-order valence-corrected chi connectivity index (χ2v) is 5.10. The highest BCUT2D eigenvalue weighted by atomic mass is 16.2. The van der Waals surface area contributed by atoms with E-state index in [4.69, 9.17) is 0 Å². The highest BCUT2D eigenvalue weighted by Gasteiger charge is 2.30. The molecule has 0 aliphatic heterocycles. The van der Waals surface area contributed by atoms with E-state index in [-0.39, 0.29) is 17.6 Å². The molecule has 0 fully saturated rings. The Balaban J connectivity index is 2.77. The molecule has 104 valence electrons. The number of rotatable bonds is 7. The van der Waals surface area contributed by atoms with Crippen molar-refractivity contribution in [1.29, 1.82) is 0 Å². The number of hydrogen-bond donors (Lipinski definition) is 1. The van der Waals surface area contributed by atoms with Crippen LogP contribution in [0.3, 0.4) is 0 Å². The van der Waals surface area contributed by atoms with E-state index in [0.29, 0.717) is 12.1 Å². The molecule has 0 heterocycles. The van der Waals surface area contributed by atoms with E-state index in [9.17, 15) is 9.59 Å². The third-order valence-electron chi connectivity index (χ3n) is 3.12. The van der Waals surface area contributed by atoms with Crippen molar-refractivity contribution in [2.24, 2.45) is 11.8 Å². The summed E-state index contributed by atoms with van der Waals surface area (Å²) in [5, 5.41) is 2.86. The van der Waals surface area contributed by atoms with Gasteiger partial charge in [0.15, 0.2) is 5.78 Å². The Hall–Kier alpha value is -1.64. The number of unbranched alkanes of at least 4 members (excludes halogenated alkanes) is 1. The third kappa shape index (κ3) is 4.51. The minimum absolute atomic E-state index is 0.00525. The van der Waals surface area contributed by atoms with Crippen LogP contribution in [0.15, 0.2) is 30.3 Å². The first-order chi connectivity index (χ1) is 9.07.